The lowest BCUT2D eigenvalue weighted by molar-refractivity contribution is 0.600. The molecule has 0 aliphatic rings. The highest BCUT2D eigenvalue weighted by molar-refractivity contribution is 7.92. The van der Waals surface area contributed by atoms with Gasteiger partial charge in [-0.15, -0.1) is 0 Å². The van der Waals surface area contributed by atoms with Gasteiger partial charge in [-0.1, -0.05) is 48.5 Å². The van der Waals surface area contributed by atoms with Crippen LogP contribution in [-0.4, -0.2) is 13.4 Å². The van der Waals surface area contributed by atoms with E-state index in [4.69, 9.17) is 0 Å². The van der Waals surface area contributed by atoms with E-state index in [1.54, 1.807) is 37.3 Å². The second-order valence-corrected chi connectivity index (χ2v) is 7.73. The van der Waals surface area contributed by atoms with Crippen LogP contribution in [0.3, 0.4) is 0 Å². The first kappa shape index (κ1) is 17.9. The van der Waals surface area contributed by atoms with Crippen molar-refractivity contribution in [3.05, 3.63) is 84.1 Å². The number of pyridine rings is 1. The molecule has 0 fully saturated rings. The van der Waals surface area contributed by atoms with Crippen LogP contribution in [0.2, 0.25) is 0 Å². The van der Waals surface area contributed by atoms with Crippen molar-refractivity contribution in [2.45, 2.75) is 24.8 Å². The van der Waals surface area contributed by atoms with Crippen LogP contribution in [0.15, 0.2) is 77.8 Å². The van der Waals surface area contributed by atoms with E-state index in [1.165, 1.54) is 6.20 Å². The number of hydrogen-bond acceptors (Lipinski definition) is 4. The number of nitrogens with zero attached hydrogens (tertiary/aromatic N) is 1. The second-order valence-electron chi connectivity index (χ2n) is 6.08. The molecular formula is C20H21N3O2S. The molecule has 134 valence electrons. The van der Waals surface area contributed by atoms with E-state index in [0.717, 1.165) is 5.56 Å². The second kappa shape index (κ2) is 7.58. The number of anilines is 2. The van der Waals surface area contributed by atoms with Gasteiger partial charge in [-0.2, -0.15) is 0 Å². The molecule has 0 saturated carbocycles. The van der Waals surface area contributed by atoms with E-state index in [2.05, 4.69) is 15.0 Å². The molecule has 0 saturated heterocycles. The van der Waals surface area contributed by atoms with Crippen molar-refractivity contribution in [1.29, 1.82) is 0 Å². The summed E-state index contributed by atoms with van der Waals surface area (Å²) in [6, 6.07) is 20.5. The Labute approximate surface area is 154 Å². The van der Waals surface area contributed by atoms with Gasteiger partial charge in [0, 0.05) is 6.04 Å². The number of sulfonamides is 1. The van der Waals surface area contributed by atoms with Gasteiger partial charge in [0.1, 0.15) is 5.82 Å². The minimum absolute atomic E-state index is 0.0956. The van der Waals surface area contributed by atoms with Crippen LogP contribution in [0, 0.1) is 6.92 Å². The van der Waals surface area contributed by atoms with Crippen molar-refractivity contribution in [3.8, 4) is 0 Å². The molecule has 1 unspecified atom stereocenters. The molecule has 2 N–H and O–H groups in total. The molecule has 0 radical (unpaired) electrons. The lowest BCUT2D eigenvalue weighted by atomic mass is 10.1. The van der Waals surface area contributed by atoms with Crippen LogP contribution in [0.25, 0.3) is 0 Å². The largest absolute Gasteiger partial charge is 0.364 e. The SMILES string of the molecule is Cc1ccccc1S(=O)(=O)Nc1ccc(NC(C)c2ccccc2)nc1. The summed E-state index contributed by atoms with van der Waals surface area (Å²) in [5.74, 6) is 0.681. The fourth-order valence-electron chi connectivity index (χ4n) is 2.65. The summed E-state index contributed by atoms with van der Waals surface area (Å²) in [4.78, 5) is 4.57. The number of rotatable bonds is 6. The molecular weight excluding hydrogens is 346 g/mol. The van der Waals surface area contributed by atoms with Crippen LogP contribution >= 0.6 is 0 Å². The van der Waals surface area contributed by atoms with Gasteiger partial charge in [-0.05, 0) is 43.2 Å². The maximum absolute atomic E-state index is 12.5. The molecule has 26 heavy (non-hydrogen) atoms. The molecule has 5 nitrogen and oxygen atoms in total. The Bertz CT molecular complexity index is 971. The molecule has 1 atom stereocenters. The Morgan fingerprint density at radius 1 is 0.923 bits per heavy atom. The number of benzene rings is 2. The third-order valence-corrected chi connectivity index (χ3v) is 5.60. The first-order valence-electron chi connectivity index (χ1n) is 8.32. The molecule has 1 aromatic heterocycles. The Balaban J connectivity index is 1.71. The fraction of sp³-hybridized carbons (Fsp3) is 0.150. The first-order valence-corrected chi connectivity index (χ1v) is 9.80. The molecule has 0 bridgehead atoms. The minimum Gasteiger partial charge on any atom is -0.364 e. The maximum Gasteiger partial charge on any atom is 0.262 e. The Morgan fingerprint density at radius 3 is 2.27 bits per heavy atom. The zero-order valence-corrected chi connectivity index (χ0v) is 15.5. The number of aromatic nitrogens is 1. The van der Waals surface area contributed by atoms with Gasteiger partial charge in [0.05, 0.1) is 16.8 Å². The number of aryl methyl sites for hydroxylation is 1. The van der Waals surface area contributed by atoms with Crippen molar-refractivity contribution in [3.63, 3.8) is 0 Å². The number of nitrogens with one attached hydrogen (secondary N) is 2. The van der Waals surface area contributed by atoms with Gasteiger partial charge in [0.25, 0.3) is 10.0 Å². The Hall–Kier alpha value is -2.86. The minimum atomic E-state index is -3.63. The van der Waals surface area contributed by atoms with Crippen molar-refractivity contribution in [2.24, 2.45) is 0 Å². The molecule has 0 spiro atoms. The highest BCUT2D eigenvalue weighted by Crippen LogP contribution is 2.21. The van der Waals surface area contributed by atoms with Gasteiger partial charge in [0.2, 0.25) is 0 Å². The highest BCUT2D eigenvalue weighted by Gasteiger charge is 2.16. The molecule has 3 rings (SSSR count). The molecule has 0 aliphatic carbocycles. The van der Waals surface area contributed by atoms with E-state index in [0.29, 0.717) is 17.1 Å². The quantitative estimate of drug-likeness (QED) is 0.679. The third-order valence-electron chi connectivity index (χ3n) is 4.06. The molecule has 2 aromatic carbocycles. The fourth-order valence-corrected chi connectivity index (χ4v) is 3.95. The van der Waals surface area contributed by atoms with E-state index in [-0.39, 0.29) is 10.9 Å². The summed E-state index contributed by atoms with van der Waals surface area (Å²) in [5, 5.41) is 3.30. The van der Waals surface area contributed by atoms with Gasteiger partial charge in [0.15, 0.2) is 0 Å². The first-order chi connectivity index (χ1) is 12.5. The van der Waals surface area contributed by atoms with Crippen molar-refractivity contribution in [2.75, 3.05) is 10.0 Å². The van der Waals surface area contributed by atoms with Crippen LogP contribution in [0.5, 0.6) is 0 Å². The van der Waals surface area contributed by atoms with Crippen molar-refractivity contribution >= 4 is 21.5 Å². The standard InChI is InChI=1S/C20H21N3O2S/c1-15-8-6-7-11-19(15)26(24,25)23-18-12-13-20(21-14-18)22-16(2)17-9-4-3-5-10-17/h3-14,16,23H,1-2H3,(H,21,22). The zero-order chi connectivity index (χ0) is 18.6. The van der Waals surface area contributed by atoms with E-state index >= 15 is 0 Å². The topological polar surface area (TPSA) is 71.1 Å². The molecule has 6 heteroatoms. The summed E-state index contributed by atoms with van der Waals surface area (Å²) in [5.41, 5.74) is 2.27. The van der Waals surface area contributed by atoms with Crippen LogP contribution in [-0.2, 0) is 10.0 Å². The van der Waals surface area contributed by atoms with E-state index < -0.39 is 10.0 Å². The van der Waals surface area contributed by atoms with Crippen LogP contribution < -0.4 is 10.0 Å². The Morgan fingerprint density at radius 2 is 1.62 bits per heavy atom. The van der Waals surface area contributed by atoms with E-state index in [1.807, 2.05) is 43.3 Å². The zero-order valence-electron chi connectivity index (χ0n) is 14.7. The smallest absolute Gasteiger partial charge is 0.262 e. The van der Waals surface area contributed by atoms with Crippen LogP contribution in [0.4, 0.5) is 11.5 Å². The molecule has 0 aliphatic heterocycles. The predicted octanol–water partition coefficient (Wildman–Crippen LogP) is 4.36. The summed E-state index contributed by atoms with van der Waals surface area (Å²) in [6.45, 7) is 3.82. The molecule has 3 aromatic rings. The summed E-state index contributed by atoms with van der Waals surface area (Å²) in [6.07, 6.45) is 1.51. The van der Waals surface area contributed by atoms with Gasteiger partial charge >= 0.3 is 0 Å². The molecule has 0 amide bonds. The average Bonchev–Trinajstić information content (AvgIpc) is 2.64. The Kier molecular flexibility index (Phi) is 5.23. The molecule has 1 heterocycles. The van der Waals surface area contributed by atoms with Crippen LogP contribution in [0.1, 0.15) is 24.1 Å². The van der Waals surface area contributed by atoms with Crippen molar-refractivity contribution in [1.82, 2.24) is 4.98 Å². The third kappa shape index (κ3) is 4.21. The highest BCUT2D eigenvalue weighted by atomic mass is 32.2. The lowest BCUT2D eigenvalue weighted by Crippen LogP contribution is -2.14. The lowest BCUT2D eigenvalue weighted by Gasteiger charge is -2.15. The summed E-state index contributed by atoms with van der Waals surface area (Å²) in [7, 11) is -3.63. The monoisotopic (exact) mass is 367 g/mol. The van der Waals surface area contributed by atoms with E-state index in [9.17, 15) is 8.42 Å². The maximum atomic E-state index is 12.5. The predicted molar refractivity (Wildman–Crippen MR) is 105 cm³/mol. The van der Waals surface area contributed by atoms with Crippen molar-refractivity contribution < 1.29 is 8.42 Å². The summed E-state index contributed by atoms with van der Waals surface area (Å²) >= 11 is 0. The van der Waals surface area contributed by atoms with Gasteiger partial charge in [-0.25, -0.2) is 13.4 Å². The normalized spacial score (nSPS) is 12.4. The van der Waals surface area contributed by atoms with Gasteiger partial charge < -0.3 is 5.32 Å². The number of hydrogen-bond donors (Lipinski definition) is 2. The average molecular weight is 367 g/mol. The van der Waals surface area contributed by atoms with Gasteiger partial charge in [-0.3, -0.25) is 4.72 Å². The summed E-state index contributed by atoms with van der Waals surface area (Å²) < 4.78 is 27.6.